The van der Waals surface area contributed by atoms with E-state index in [0.29, 0.717) is 52.3 Å². The maximum atomic E-state index is 12.7. The van der Waals surface area contributed by atoms with Crippen LogP contribution in [0.5, 0.6) is 23.0 Å². The van der Waals surface area contributed by atoms with E-state index in [1.165, 1.54) is 53.8 Å². The molecule has 212 valence electrons. The van der Waals surface area contributed by atoms with Gasteiger partial charge in [-0.15, -0.1) is 0 Å². The molecule has 2 atom stereocenters. The minimum absolute atomic E-state index is 0.322. The van der Waals surface area contributed by atoms with Crippen molar-refractivity contribution >= 4 is 29.3 Å². The topological polar surface area (TPSA) is 141 Å². The van der Waals surface area contributed by atoms with Crippen molar-refractivity contribution in [1.82, 2.24) is 0 Å². The van der Waals surface area contributed by atoms with Gasteiger partial charge in [-0.05, 0) is 48.2 Å². The number of carbonyl (C=O) groups is 2. The molecule has 5 N–H and O–H groups in total. The van der Waals surface area contributed by atoms with E-state index in [2.05, 4.69) is 10.6 Å². The fourth-order valence-corrected chi connectivity index (χ4v) is 4.76. The highest BCUT2D eigenvalue weighted by atomic mass is 16.5. The first-order chi connectivity index (χ1) is 18.8. The third kappa shape index (κ3) is 8.11. The summed E-state index contributed by atoms with van der Waals surface area (Å²) in [6.45, 7) is 0. The van der Waals surface area contributed by atoms with Crippen LogP contribution in [0.4, 0.5) is 11.4 Å². The fourth-order valence-electron chi connectivity index (χ4n) is 4.76. The molecule has 3 rings (SSSR count). The average molecular weight is 542 g/mol. The molecule has 2 aromatic rings. The molecule has 1 fully saturated rings. The molecule has 0 heterocycles. The predicted molar refractivity (Wildman–Crippen MR) is 151 cm³/mol. The number of ether oxygens (including phenoxy) is 4. The smallest absolute Gasteiger partial charge is 0.254 e. The lowest BCUT2D eigenvalue weighted by Gasteiger charge is -2.26. The number of aliphatic hydroxyl groups excluding tert-OH is 1. The second-order valence-electron chi connectivity index (χ2n) is 9.53. The molecule has 2 aromatic carbocycles. The van der Waals surface area contributed by atoms with Crippen molar-refractivity contribution in [3.8, 4) is 23.0 Å². The van der Waals surface area contributed by atoms with Crippen LogP contribution in [0.3, 0.4) is 0 Å². The van der Waals surface area contributed by atoms with Gasteiger partial charge in [-0.1, -0.05) is 32.1 Å². The molecule has 2 unspecified atom stereocenters. The van der Waals surface area contributed by atoms with Gasteiger partial charge < -0.3 is 40.4 Å². The van der Waals surface area contributed by atoms with Gasteiger partial charge in [0, 0.05) is 23.9 Å². The quantitative estimate of drug-likeness (QED) is 0.296. The Morgan fingerprint density at radius 2 is 1.59 bits per heavy atom. The highest BCUT2D eigenvalue weighted by Crippen LogP contribution is 2.38. The summed E-state index contributed by atoms with van der Waals surface area (Å²) >= 11 is 0. The average Bonchev–Trinajstić information content (AvgIpc) is 2.96. The van der Waals surface area contributed by atoms with Gasteiger partial charge in [0.15, 0.2) is 11.5 Å². The molecule has 1 aliphatic carbocycles. The number of carbonyl (C=O) groups excluding carboxylic acids is 2. The third-order valence-electron chi connectivity index (χ3n) is 6.85. The Bertz CT molecular complexity index is 1140. The largest absolute Gasteiger partial charge is 0.494 e. The van der Waals surface area contributed by atoms with Crippen LogP contribution in [0.25, 0.3) is 6.08 Å². The van der Waals surface area contributed by atoms with Crippen LogP contribution in [0.1, 0.15) is 44.1 Å². The zero-order valence-electron chi connectivity index (χ0n) is 23.0. The maximum absolute atomic E-state index is 12.7. The Balaban J connectivity index is 1.62. The number of nitrogens with two attached hydrogens (primary N) is 1. The van der Waals surface area contributed by atoms with Crippen LogP contribution in [0.15, 0.2) is 36.4 Å². The van der Waals surface area contributed by atoms with Gasteiger partial charge in [0.25, 0.3) is 5.91 Å². The number of aliphatic hydroxyl groups is 1. The Labute approximate surface area is 229 Å². The minimum atomic E-state index is -1.34. The number of amides is 2. The Hall–Kier alpha value is -3.76. The van der Waals surface area contributed by atoms with Crippen LogP contribution in [0, 0.1) is 5.92 Å². The lowest BCUT2D eigenvalue weighted by Crippen LogP contribution is -2.44. The highest BCUT2D eigenvalue weighted by molar-refractivity contribution is 6.02. The summed E-state index contributed by atoms with van der Waals surface area (Å²) in [5.74, 6) is 1.19. The van der Waals surface area contributed by atoms with Crippen LogP contribution < -0.4 is 35.3 Å². The highest BCUT2D eigenvalue weighted by Gasteiger charge is 2.27. The van der Waals surface area contributed by atoms with E-state index < -0.39 is 18.1 Å². The van der Waals surface area contributed by atoms with Crippen LogP contribution in [-0.4, -0.2) is 57.5 Å². The van der Waals surface area contributed by atoms with Crippen molar-refractivity contribution in [3.63, 3.8) is 0 Å². The van der Waals surface area contributed by atoms with Gasteiger partial charge in [-0.25, -0.2) is 0 Å². The Morgan fingerprint density at radius 3 is 2.18 bits per heavy atom. The maximum Gasteiger partial charge on any atom is 0.254 e. The molecule has 39 heavy (non-hydrogen) atoms. The van der Waals surface area contributed by atoms with Gasteiger partial charge in [-0.2, -0.15) is 0 Å². The number of rotatable bonds is 12. The normalized spacial score (nSPS) is 15.3. The number of hydrogen-bond acceptors (Lipinski definition) is 8. The van der Waals surface area contributed by atoms with Crippen molar-refractivity contribution in [3.05, 3.63) is 42.0 Å². The zero-order chi connectivity index (χ0) is 28.4. The Morgan fingerprint density at radius 1 is 0.949 bits per heavy atom. The van der Waals surface area contributed by atoms with E-state index in [9.17, 15) is 14.7 Å². The second kappa shape index (κ2) is 14.4. The van der Waals surface area contributed by atoms with Crippen LogP contribution in [0.2, 0.25) is 0 Å². The summed E-state index contributed by atoms with van der Waals surface area (Å²) in [6, 6.07) is 7.60. The molecule has 0 bridgehead atoms. The molecular weight excluding hydrogens is 502 g/mol. The molecular formula is C29H39N3O7. The first kappa shape index (κ1) is 29.8. The summed E-state index contributed by atoms with van der Waals surface area (Å²) in [7, 11) is 6.00. The van der Waals surface area contributed by atoms with Crippen LogP contribution >= 0.6 is 0 Å². The minimum Gasteiger partial charge on any atom is -0.494 e. The number of nitrogens with one attached hydrogen (secondary N) is 2. The van der Waals surface area contributed by atoms with E-state index >= 15 is 0 Å². The molecule has 0 radical (unpaired) electrons. The number of hydrogen-bond donors (Lipinski definition) is 4. The number of benzene rings is 2. The Kier molecular flexibility index (Phi) is 11.0. The summed E-state index contributed by atoms with van der Waals surface area (Å²) in [5, 5.41) is 15.9. The van der Waals surface area contributed by atoms with E-state index in [1.807, 2.05) is 0 Å². The zero-order valence-corrected chi connectivity index (χ0v) is 23.0. The van der Waals surface area contributed by atoms with Gasteiger partial charge in [0.05, 0.1) is 34.1 Å². The first-order valence-corrected chi connectivity index (χ1v) is 13.0. The molecule has 0 spiro atoms. The van der Waals surface area contributed by atoms with Crippen molar-refractivity contribution in [2.24, 2.45) is 11.7 Å². The summed E-state index contributed by atoms with van der Waals surface area (Å²) < 4.78 is 21.4. The third-order valence-corrected chi connectivity index (χ3v) is 6.85. The van der Waals surface area contributed by atoms with Crippen LogP contribution in [-0.2, 0) is 9.59 Å². The van der Waals surface area contributed by atoms with E-state index in [1.54, 1.807) is 36.4 Å². The van der Waals surface area contributed by atoms with Crippen molar-refractivity contribution in [1.29, 1.82) is 0 Å². The lowest BCUT2D eigenvalue weighted by atomic mass is 9.84. The molecule has 1 saturated carbocycles. The summed E-state index contributed by atoms with van der Waals surface area (Å²) in [4.78, 5) is 25.2. The van der Waals surface area contributed by atoms with Crippen molar-refractivity contribution < 1.29 is 33.6 Å². The monoisotopic (exact) mass is 541 g/mol. The molecule has 0 saturated heterocycles. The van der Waals surface area contributed by atoms with Crippen molar-refractivity contribution in [2.45, 2.75) is 50.7 Å². The van der Waals surface area contributed by atoms with Crippen molar-refractivity contribution in [2.75, 3.05) is 39.1 Å². The van der Waals surface area contributed by atoms with Gasteiger partial charge in [-0.3, -0.25) is 9.59 Å². The van der Waals surface area contributed by atoms with E-state index in [4.69, 9.17) is 24.7 Å². The molecule has 2 amide bonds. The first-order valence-electron chi connectivity index (χ1n) is 13.0. The molecule has 0 aliphatic heterocycles. The SMILES string of the molecule is COc1cc(NC(=O)C=Cc2cc(OC)c(OC)c(OC)c2)ccc1NC(=O)C(O)C(N)CC1CCCCC1. The van der Waals surface area contributed by atoms with E-state index in [-0.39, 0.29) is 5.91 Å². The summed E-state index contributed by atoms with van der Waals surface area (Å²) in [6.07, 6.45) is 7.99. The number of methoxy groups -OCH3 is 4. The van der Waals surface area contributed by atoms with Gasteiger partial charge >= 0.3 is 0 Å². The molecule has 10 heteroatoms. The second-order valence-corrected chi connectivity index (χ2v) is 9.53. The molecule has 10 nitrogen and oxygen atoms in total. The van der Waals surface area contributed by atoms with Gasteiger partial charge in [0.1, 0.15) is 11.9 Å². The summed E-state index contributed by atoms with van der Waals surface area (Å²) in [5.41, 5.74) is 7.65. The van der Waals surface area contributed by atoms with Gasteiger partial charge in [0.2, 0.25) is 11.7 Å². The van der Waals surface area contributed by atoms with E-state index in [0.717, 1.165) is 12.8 Å². The number of anilines is 2. The standard InChI is InChI=1S/C29H39N3O7/c1-36-23-17-20(31-26(33)13-10-19-15-24(37-2)28(39-4)25(16-19)38-3)11-12-22(23)32-29(35)27(34)21(30)14-18-8-6-5-7-9-18/h10-13,15-18,21,27,34H,5-9,14,30H2,1-4H3,(H,31,33)(H,32,35). The fraction of sp³-hybridized carbons (Fsp3) is 0.448. The molecule has 1 aliphatic rings. The molecule has 0 aromatic heterocycles. The predicted octanol–water partition coefficient (Wildman–Crippen LogP) is 3.97. The lowest BCUT2D eigenvalue weighted by molar-refractivity contribution is -0.125.